The van der Waals surface area contributed by atoms with Crippen LogP contribution in [0.25, 0.3) is 10.4 Å². The summed E-state index contributed by atoms with van der Waals surface area (Å²) in [6.07, 6.45) is 3.75. The summed E-state index contributed by atoms with van der Waals surface area (Å²) in [7, 11) is 0. The smallest absolute Gasteiger partial charge is 0.276 e. The summed E-state index contributed by atoms with van der Waals surface area (Å²) in [4.78, 5) is 36.8. The fourth-order valence-electron chi connectivity index (χ4n) is 4.76. The largest absolute Gasteiger partial charge is 0.355 e. The first-order chi connectivity index (χ1) is 16.6. The van der Waals surface area contributed by atoms with Crippen molar-refractivity contribution in [1.29, 1.82) is 0 Å². The lowest BCUT2D eigenvalue weighted by atomic mass is 10.1. The number of benzene rings is 1. The summed E-state index contributed by atoms with van der Waals surface area (Å²) in [6.45, 7) is 2.15. The van der Waals surface area contributed by atoms with Crippen LogP contribution in [0.15, 0.2) is 48.5 Å². The Labute approximate surface area is 202 Å². The third-order valence-corrected chi connectivity index (χ3v) is 7.95. The highest BCUT2D eigenvalue weighted by Crippen LogP contribution is 2.42. The van der Waals surface area contributed by atoms with Crippen LogP contribution in [0.4, 0.5) is 11.5 Å². The molecule has 0 unspecified atom stereocenters. The molecule has 1 aliphatic carbocycles. The zero-order chi connectivity index (χ0) is 23.2. The summed E-state index contributed by atoms with van der Waals surface area (Å²) >= 11 is 1.51. The van der Waals surface area contributed by atoms with Crippen molar-refractivity contribution in [2.24, 2.45) is 5.73 Å². The van der Waals surface area contributed by atoms with E-state index in [0.29, 0.717) is 24.7 Å². The Kier molecular flexibility index (Phi) is 5.34. The Morgan fingerprint density at radius 1 is 1.06 bits per heavy atom. The topological polar surface area (TPSA) is 91.6 Å². The molecule has 0 bridgehead atoms. The predicted octanol–water partition coefficient (Wildman–Crippen LogP) is 3.44. The molecule has 2 aromatic heterocycles. The van der Waals surface area contributed by atoms with Crippen molar-refractivity contribution >= 4 is 34.7 Å². The van der Waals surface area contributed by atoms with E-state index in [1.165, 1.54) is 11.3 Å². The van der Waals surface area contributed by atoms with Gasteiger partial charge in [0.2, 0.25) is 0 Å². The minimum atomic E-state index is -0.111. The van der Waals surface area contributed by atoms with E-state index in [1.807, 2.05) is 47.4 Å². The van der Waals surface area contributed by atoms with Crippen LogP contribution in [0.1, 0.15) is 45.0 Å². The molecule has 6 rings (SSSR count). The Hall–Kier alpha value is -3.23. The number of nitrogens with two attached hydrogens (primary N) is 1. The summed E-state index contributed by atoms with van der Waals surface area (Å²) in [5.74, 6) is 0.695. The second kappa shape index (κ2) is 8.52. The maximum Gasteiger partial charge on any atom is 0.276 e. The van der Waals surface area contributed by atoms with Gasteiger partial charge in [0.05, 0.1) is 10.6 Å². The number of nitrogens with zero attached hydrogens (tertiary/aromatic N) is 3. The van der Waals surface area contributed by atoms with Crippen molar-refractivity contribution in [3.63, 3.8) is 0 Å². The molecule has 7 nitrogen and oxygen atoms in total. The number of hydrogen-bond donors (Lipinski definition) is 2. The Balaban J connectivity index is 1.31. The Morgan fingerprint density at radius 2 is 1.91 bits per heavy atom. The fourth-order valence-corrected chi connectivity index (χ4v) is 5.90. The molecule has 34 heavy (non-hydrogen) atoms. The van der Waals surface area contributed by atoms with Crippen molar-refractivity contribution in [2.75, 3.05) is 29.4 Å². The monoisotopic (exact) mass is 473 g/mol. The van der Waals surface area contributed by atoms with Crippen LogP contribution in [0.5, 0.6) is 0 Å². The maximum atomic E-state index is 13.7. The van der Waals surface area contributed by atoms with Crippen LogP contribution in [-0.4, -0.2) is 48.5 Å². The first kappa shape index (κ1) is 21.3. The van der Waals surface area contributed by atoms with Gasteiger partial charge in [0.1, 0.15) is 11.5 Å². The minimum Gasteiger partial charge on any atom is -0.355 e. The summed E-state index contributed by atoms with van der Waals surface area (Å²) in [5.41, 5.74) is 9.46. The van der Waals surface area contributed by atoms with E-state index in [1.54, 1.807) is 6.07 Å². The molecule has 2 aliphatic heterocycles. The van der Waals surface area contributed by atoms with Crippen LogP contribution in [-0.2, 0) is 6.42 Å². The first-order valence-corrected chi connectivity index (χ1v) is 12.7. The normalized spacial score (nSPS) is 19.4. The minimum absolute atomic E-state index is 0.00799. The number of amides is 2. The average Bonchev–Trinajstić information content (AvgIpc) is 3.44. The van der Waals surface area contributed by atoms with E-state index in [4.69, 9.17) is 10.7 Å². The lowest BCUT2D eigenvalue weighted by molar-refractivity contribution is 0.0952. The second-order valence-corrected chi connectivity index (χ2v) is 10.4. The number of hydrogen-bond acceptors (Lipinski definition) is 6. The van der Waals surface area contributed by atoms with Gasteiger partial charge in [0.15, 0.2) is 0 Å². The number of pyridine rings is 1. The van der Waals surface area contributed by atoms with Crippen LogP contribution < -0.4 is 20.9 Å². The third kappa shape index (κ3) is 3.97. The highest BCUT2D eigenvalue weighted by Gasteiger charge is 2.30. The average molecular weight is 474 g/mol. The molecule has 0 spiro atoms. The number of anilines is 2. The molecule has 1 aromatic carbocycles. The van der Waals surface area contributed by atoms with Gasteiger partial charge < -0.3 is 20.9 Å². The van der Waals surface area contributed by atoms with Gasteiger partial charge in [-0.3, -0.25) is 9.59 Å². The highest BCUT2D eigenvalue weighted by atomic mass is 32.1. The quantitative estimate of drug-likeness (QED) is 0.606. The molecular formula is C26H27N5O2S. The Morgan fingerprint density at radius 3 is 2.71 bits per heavy atom. The summed E-state index contributed by atoms with van der Waals surface area (Å²) < 4.78 is 0. The second-order valence-electron chi connectivity index (χ2n) is 9.31. The molecular weight excluding hydrogens is 446 g/mol. The van der Waals surface area contributed by atoms with Crippen molar-refractivity contribution in [1.82, 2.24) is 10.3 Å². The predicted molar refractivity (Wildman–Crippen MR) is 135 cm³/mol. The Bertz CT molecular complexity index is 1270. The van der Waals surface area contributed by atoms with E-state index in [-0.39, 0.29) is 17.9 Å². The number of fused-ring (bicyclic) bond motifs is 3. The number of rotatable bonds is 4. The van der Waals surface area contributed by atoms with Gasteiger partial charge in [0.25, 0.3) is 11.8 Å². The van der Waals surface area contributed by atoms with Gasteiger partial charge in [-0.15, -0.1) is 11.3 Å². The van der Waals surface area contributed by atoms with Gasteiger partial charge >= 0.3 is 0 Å². The number of carbonyl (C=O) groups is 2. The molecule has 1 atom stereocenters. The highest BCUT2D eigenvalue weighted by molar-refractivity contribution is 7.17. The SMILES string of the molecule is N[C@H]1CCN(c2cccc(C(=O)N3CCc4cc(C(=O)NC5CC5)sc4-c4ccccc43)n2)C1. The summed E-state index contributed by atoms with van der Waals surface area (Å²) in [6, 6.07) is 16.0. The molecule has 3 aliphatic rings. The van der Waals surface area contributed by atoms with E-state index in [2.05, 4.69) is 10.2 Å². The van der Waals surface area contributed by atoms with Crippen molar-refractivity contribution in [3.8, 4) is 10.4 Å². The molecule has 2 amide bonds. The molecule has 1 saturated heterocycles. The zero-order valence-electron chi connectivity index (χ0n) is 18.9. The van der Waals surface area contributed by atoms with Crippen molar-refractivity contribution in [2.45, 2.75) is 37.8 Å². The van der Waals surface area contributed by atoms with Gasteiger partial charge in [-0.2, -0.15) is 0 Å². The number of aromatic nitrogens is 1. The fraction of sp³-hybridized carbons (Fsp3) is 0.346. The van der Waals surface area contributed by atoms with Crippen LogP contribution >= 0.6 is 11.3 Å². The maximum absolute atomic E-state index is 13.7. The summed E-state index contributed by atoms with van der Waals surface area (Å²) in [5, 5.41) is 3.09. The molecule has 174 valence electrons. The van der Waals surface area contributed by atoms with Gasteiger partial charge in [0, 0.05) is 42.2 Å². The van der Waals surface area contributed by atoms with E-state index in [0.717, 1.165) is 64.7 Å². The molecule has 8 heteroatoms. The molecule has 3 aromatic rings. The van der Waals surface area contributed by atoms with E-state index >= 15 is 0 Å². The first-order valence-electron chi connectivity index (χ1n) is 11.9. The van der Waals surface area contributed by atoms with Gasteiger partial charge in [-0.1, -0.05) is 24.3 Å². The molecule has 4 heterocycles. The van der Waals surface area contributed by atoms with Crippen molar-refractivity contribution in [3.05, 3.63) is 64.7 Å². The number of nitrogens with one attached hydrogen (secondary N) is 1. The van der Waals surface area contributed by atoms with Gasteiger partial charge in [-0.25, -0.2) is 4.98 Å². The van der Waals surface area contributed by atoms with E-state index in [9.17, 15) is 9.59 Å². The number of para-hydroxylation sites is 1. The van der Waals surface area contributed by atoms with Crippen molar-refractivity contribution < 1.29 is 9.59 Å². The molecule has 0 radical (unpaired) electrons. The standard InChI is InChI=1S/C26H27N5O2S/c27-17-11-12-30(15-17)23-7-3-5-20(29-23)26(33)31-13-10-16-14-22(25(32)28-18-8-9-18)34-24(16)19-4-1-2-6-21(19)31/h1-7,14,17-18H,8-13,15,27H2,(H,28,32)/t17-/m0/s1. The van der Waals surface area contributed by atoms with Crippen LogP contribution in [0.3, 0.4) is 0 Å². The van der Waals surface area contributed by atoms with Gasteiger partial charge in [-0.05, 0) is 55.5 Å². The lowest BCUT2D eigenvalue weighted by Gasteiger charge is -2.23. The van der Waals surface area contributed by atoms with Crippen LogP contribution in [0.2, 0.25) is 0 Å². The zero-order valence-corrected chi connectivity index (χ0v) is 19.7. The van der Waals surface area contributed by atoms with Crippen LogP contribution in [0, 0.1) is 0 Å². The molecule has 1 saturated carbocycles. The molecule has 3 N–H and O–H groups in total. The number of carbonyl (C=O) groups excluding carboxylic acids is 2. The lowest BCUT2D eigenvalue weighted by Crippen LogP contribution is -2.33. The number of thiophene rings is 1. The third-order valence-electron chi connectivity index (χ3n) is 6.74. The van der Waals surface area contributed by atoms with E-state index < -0.39 is 0 Å². The molecule has 2 fully saturated rings.